The maximum atomic E-state index is 5.87. The molecule has 0 bridgehead atoms. The number of nitrogens with two attached hydrogens (primary N) is 1. The van der Waals surface area contributed by atoms with Crippen LogP contribution in [0.1, 0.15) is 16.8 Å². The number of nitrogens with one attached hydrogen (secondary N) is 1. The highest BCUT2D eigenvalue weighted by atomic mass is 15.1. The van der Waals surface area contributed by atoms with E-state index >= 15 is 0 Å². The van der Waals surface area contributed by atoms with Crippen molar-refractivity contribution < 1.29 is 0 Å². The minimum Gasteiger partial charge on any atom is -0.368 e. The first kappa shape index (κ1) is 16.9. The summed E-state index contributed by atoms with van der Waals surface area (Å²) in [6.45, 7) is 3.52. The van der Waals surface area contributed by atoms with Gasteiger partial charge in [-0.1, -0.05) is 23.8 Å². The van der Waals surface area contributed by atoms with Gasteiger partial charge in [-0.3, -0.25) is 9.88 Å². The maximum absolute atomic E-state index is 5.87. The molecule has 6 nitrogen and oxygen atoms in total. The number of hydrogen-bond acceptors (Lipinski definition) is 6. The Bertz CT molecular complexity index is 817. The summed E-state index contributed by atoms with van der Waals surface area (Å²) in [6.07, 6.45) is 3.65. The summed E-state index contributed by atoms with van der Waals surface area (Å²) in [6, 6.07) is 14.1. The van der Waals surface area contributed by atoms with E-state index < -0.39 is 0 Å². The van der Waals surface area contributed by atoms with E-state index in [9.17, 15) is 0 Å². The molecule has 3 N–H and O–H groups in total. The SMILES string of the molecule is Cc1ccc(Nc2cc(CN(C)Cc3cccnc3)nc(N)n2)cc1. The number of pyridine rings is 1. The average Bonchev–Trinajstić information content (AvgIpc) is 2.57. The van der Waals surface area contributed by atoms with Crippen LogP contribution in [0.25, 0.3) is 0 Å². The van der Waals surface area contributed by atoms with Gasteiger partial charge < -0.3 is 11.1 Å². The fourth-order valence-corrected chi connectivity index (χ4v) is 2.58. The molecule has 128 valence electrons. The quantitative estimate of drug-likeness (QED) is 0.721. The standard InChI is InChI=1S/C19H22N6/c1-14-5-7-16(8-6-14)22-18-10-17(23-19(20)24-18)13-25(2)12-15-4-3-9-21-11-15/h3-11H,12-13H2,1-2H3,(H3,20,22,23,24). The molecule has 0 radical (unpaired) electrons. The van der Waals surface area contributed by atoms with Crippen molar-refractivity contribution in [1.29, 1.82) is 0 Å². The Morgan fingerprint density at radius 3 is 2.60 bits per heavy atom. The minimum atomic E-state index is 0.266. The van der Waals surface area contributed by atoms with E-state index in [4.69, 9.17) is 5.73 Å². The summed E-state index contributed by atoms with van der Waals surface area (Å²) in [7, 11) is 2.04. The van der Waals surface area contributed by atoms with Crippen molar-refractivity contribution in [2.24, 2.45) is 0 Å². The number of rotatable bonds is 6. The van der Waals surface area contributed by atoms with Crippen molar-refractivity contribution in [2.75, 3.05) is 18.1 Å². The number of hydrogen-bond donors (Lipinski definition) is 2. The van der Waals surface area contributed by atoms with E-state index in [2.05, 4.69) is 50.3 Å². The zero-order chi connectivity index (χ0) is 17.6. The van der Waals surface area contributed by atoms with E-state index in [1.54, 1.807) is 6.20 Å². The highest BCUT2D eigenvalue weighted by Crippen LogP contribution is 2.17. The number of benzene rings is 1. The lowest BCUT2D eigenvalue weighted by Crippen LogP contribution is -2.18. The predicted molar refractivity (Wildman–Crippen MR) is 100 cm³/mol. The molecule has 0 atom stereocenters. The summed E-state index contributed by atoms with van der Waals surface area (Å²) in [4.78, 5) is 14.9. The van der Waals surface area contributed by atoms with Crippen LogP contribution in [-0.2, 0) is 13.1 Å². The third-order valence-electron chi connectivity index (χ3n) is 3.73. The van der Waals surface area contributed by atoms with Crippen molar-refractivity contribution in [3.05, 3.63) is 71.7 Å². The number of anilines is 3. The van der Waals surface area contributed by atoms with Crippen LogP contribution < -0.4 is 11.1 Å². The zero-order valence-corrected chi connectivity index (χ0v) is 14.5. The topological polar surface area (TPSA) is 80.0 Å². The Balaban J connectivity index is 1.69. The molecule has 2 aromatic heterocycles. The molecule has 0 spiro atoms. The summed E-state index contributed by atoms with van der Waals surface area (Å²) in [5, 5.41) is 3.28. The Kier molecular flexibility index (Phi) is 5.20. The van der Waals surface area contributed by atoms with Gasteiger partial charge >= 0.3 is 0 Å². The molecule has 0 amide bonds. The molecule has 0 fully saturated rings. The second-order valence-electron chi connectivity index (χ2n) is 6.13. The lowest BCUT2D eigenvalue weighted by atomic mass is 10.2. The van der Waals surface area contributed by atoms with Crippen LogP contribution in [0.3, 0.4) is 0 Å². The van der Waals surface area contributed by atoms with Gasteiger partial charge in [0.05, 0.1) is 5.69 Å². The molecule has 0 unspecified atom stereocenters. The number of nitrogen functional groups attached to an aromatic ring is 1. The van der Waals surface area contributed by atoms with Crippen LogP contribution in [0.5, 0.6) is 0 Å². The van der Waals surface area contributed by atoms with Gasteiger partial charge in [-0.05, 0) is 37.7 Å². The second-order valence-corrected chi connectivity index (χ2v) is 6.13. The Morgan fingerprint density at radius 2 is 1.88 bits per heavy atom. The largest absolute Gasteiger partial charge is 0.368 e. The maximum Gasteiger partial charge on any atom is 0.222 e. The van der Waals surface area contributed by atoms with Crippen molar-refractivity contribution in [2.45, 2.75) is 20.0 Å². The monoisotopic (exact) mass is 334 g/mol. The van der Waals surface area contributed by atoms with Crippen molar-refractivity contribution in [1.82, 2.24) is 19.9 Å². The fourth-order valence-electron chi connectivity index (χ4n) is 2.58. The van der Waals surface area contributed by atoms with Gasteiger partial charge in [0, 0.05) is 37.2 Å². The van der Waals surface area contributed by atoms with Crippen LogP contribution in [-0.4, -0.2) is 26.9 Å². The van der Waals surface area contributed by atoms with Crippen LogP contribution in [0.2, 0.25) is 0 Å². The first-order chi connectivity index (χ1) is 12.1. The van der Waals surface area contributed by atoms with Crippen LogP contribution >= 0.6 is 0 Å². The van der Waals surface area contributed by atoms with Crippen molar-refractivity contribution in [3.63, 3.8) is 0 Å². The fraction of sp³-hybridized carbons (Fsp3) is 0.211. The lowest BCUT2D eigenvalue weighted by molar-refractivity contribution is 0.315. The van der Waals surface area contributed by atoms with Gasteiger partial charge in [0.15, 0.2) is 0 Å². The molecule has 0 saturated carbocycles. The highest BCUT2D eigenvalue weighted by Gasteiger charge is 2.07. The summed E-state index contributed by atoms with van der Waals surface area (Å²) in [5.41, 5.74) is 10.1. The van der Waals surface area contributed by atoms with E-state index in [1.165, 1.54) is 5.56 Å². The lowest BCUT2D eigenvalue weighted by Gasteiger charge is -2.17. The summed E-state index contributed by atoms with van der Waals surface area (Å²) in [5.74, 6) is 0.961. The Morgan fingerprint density at radius 1 is 1.08 bits per heavy atom. The second kappa shape index (κ2) is 7.72. The molecule has 3 aromatic rings. The Hall–Kier alpha value is -2.99. The zero-order valence-electron chi connectivity index (χ0n) is 14.5. The Labute approximate surface area is 147 Å². The third kappa shape index (κ3) is 4.99. The van der Waals surface area contributed by atoms with E-state index in [0.29, 0.717) is 12.4 Å². The molecule has 6 heteroatoms. The summed E-state index contributed by atoms with van der Waals surface area (Å²) < 4.78 is 0. The van der Waals surface area contributed by atoms with E-state index in [-0.39, 0.29) is 5.95 Å². The molecule has 3 rings (SSSR count). The smallest absolute Gasteiger partial charge is 0.222 e. The van der Waals surface area contributed by atoms with Gasteiger partial charge in [0.1, 0.15) is 5.82 Å². The normalized spacial score (nSPS) is 10.8. The van der Waals surface area contributed by atoms with E-state index in [1.807, 2.05) is 37.5 Å². The number of aryl methyl sites for hydroxylation is 1. The molecule has 2 heterocycles. The molecule has 0 aliphatic rings. The molecule has 0 aliphatic carbocycles. The first-order valence-electron chi connectivity index (χ1n) is 8.13. The number of nitrogens with zero attached hydrogens (tertiary/aromatic N) is 4. The molecule has 0 saturated heterocycles. The first-order valence-corrected chi connectivity index (χ1v) is 8.13. The predicted octanol–water partition coefficient (Wildman–Crippen LogP) is 3.14. The number of aromatic nitrogens is 3. The molecule has 1 aromatic carbocycles. The van der Waals surface area contributed by atoms with Crippen molar-refractivity contribution >= 4 is 17.5 Å². The van der Waals surface area contributed by atoms with Gasteiger partial charge in [-0.15, -0.1) is 0 Å². The molecule has 25 heavy (non-hydrogen) atoms. The average molecular weight is 334 g/mol. The minimum absolute atomic E-state index is 0.266. The van der Waals surface area contributed by atoms with E-state index in [0.717, 1.165) is 23.5 Å². The third-order valence-corrected chi connectivity index (χ3v) is 3.73. The van der Waals surface area contributed by atoms with Crippen LogP contribution in [0.15, 0.2) is 54.9 Å². The molecular weight excluding hydrogens is 312 g/mol. The van der Waals surface area contributed by atoms with Crippen LogP contribution in [0.4, 0.5) is 17.5 Å². The molecular formula is C19H22N6. The van der Waals surface area contributed by atoms with Gasteiger partial charge in [-0.25, -0.2) is 4.98 Å². The highest BCUT2D eigenvalue weighted by molar-refractivity contribution is 5.57. The van der Waals surface area contributed by atoms with Gasteiger partial charge in [0.2, 0.25) is 5.95 Å². The van der Waals surface area contributed by atoms with Gasteiger partial charge in [-0.2, -0.15) is 4.98 Å². The molecule has 0 aliphatic heterocycles. The van der Waals surface area contributed by atoms with Gasteiger partial charge in [0.25, 0.3) is 0 Å². The van der Waals surface area contributed by atoms with Crippen LogP contribution in [0, 0.1) is 6.92 Å². The summed E-state index contributed by atoms with van der Waals surface area (Å²) >= 11 is 0. The van der Waals surface area contributed by atoms with Crippen molar-refractivity contribution in [3.8, 4) is 0 Å².